The Morgan fingerprint density at radius 3 is 0.764 bits per heavy atom. The van der Waals surface area contributed by atoms with Crippen molar-refractivity contribution in [1.82, 2.24) is 0 Å². The summed E-state index contributed by atoms with van der Waals surface area (Å²) in [4.78, 5) is 73.3. The van der Waals surface area contributed by atoms with E-state index in [1.807, 2.05) is 0 Å². The topological polar surface area (TPSA) is 237 Å². The van der Waals surface area contributed by atoms with Crippen LogP contribution in [0.15, 0.2) is 158 Å². The lowest BCUT2D eigenvalue weighted by molar-refractivity contribution is -0.161. The molecular formula is C91H152O17P2. The van der Waals surface area contributed by atoms with E-state index in [-0.39, 0.29) is 25.7 Å². The smallest absolute Gasteiger partial charge is 0.462 e. The van der Waals surface area contributed by atoms with Gasteiger partial charge in [-0.2, -0.15) is 0 Å². The van der Waals surface area contributed by atoms with Gasteiger partial charge in [0.15, 0.2) is 12.2 Å². The molecule has 0 saturated carbocycles. The molecule has 0 amide bonds. The van der Waals surface area contributed by atoms with E-state index >= 15 is 0 Å². The molecule has 0 aliphatic carbocycles. The number of carbonyl (C=O) groups is 4. The van der Waals surface area contributed by atoms with Crippen molar-refractivity contribution in [3.05, 3.63) is 158 Å². The molecule has 17 nitrogen and oxygen atoms in total. The van der Waals surface area contributed by atoms with E-state index in [4.69, 9.17) is 37.0 Å². The zero-order valence-electron chi connectivity index (χ0n) is 68.9. The average molecular weight is 1580 g/mol. The minimum absolute atomic E-state index is 0.0586. The molecule has 0 aromatic carbocycles. The lowest BCUT2D eigenvalue weighted by Gasteiger charge is -2.21. The standard InChI is InChI=1S/C91H152O17P2/c1-5-9-13-17-21-25-29-33-37-40-42-45-48-51-55-59-63-67-71-75-88(93)101-81-86(107-90(95)77-73-69-65-61-57-53-47-36-32-28-24-20-16-12-8-4)83-105-109(97,98)103-79-85(92)80-104-110(99,100)106-84-87(108-91(96)78-74-70-66-62-58-54-50-44-39-35-31-27-23-19-15-11-7-3)82-102-89(94)76-72-68-64-60-56-52-49-46-43-41-38-34-30-26-22-18-14-10-6-2/h9,11,13,15,21-23,25-27,33-39,42-43,45-47,50-51,54-55,85-87,92H,5-8,10,12,14,16-20,24,28-32,40-41,44,48-49,52-53,56-84H2,1-4H3,(H,97,98)(H,99,100)/b13-9-,15-11-,25-21-,26-22-,27-23-,37-33-,38-34-,39-35-,45-42-,46-43-,47-36-,54-50-,55-51-. The highest BCUT2D eigenvalue weighted by Gasteiger charge is 2.30. The molecule has 0 rings (SSSR count). The van der Waals surface area contributed by atoms with Crippen LogP contribution in [0, 0.1) is 0 Å². The molecule has 110 heavy (non-hydrogen) atoms. The number of allylic oxidation sites excluding steroid dienone is 26. The van der Waals surface area contributed by atoms with E-state index in [0.29, 0.717) is 25.7 Å². The van der Waals surface area contributed by atoms with Crippen LogP contribution in [0.5, 0.6) is 0 Å². The molecule has 19 heteroatoms. The lowest BCUT2D eigenvalue weighted by atomic mass is 10.1. The molecule has 0 radical (unpaired) electrons. The molecule has 0 fully saturated rings. The first-order valence-electron chi connectivity index (χ1n) is 42.7. The minimum atomic E-state index is -5.00. The monoisotopic (exact) mass is 1580 g/mol. The Bertz CT molecular complexity index is 2700. The van der Waals surface area contributed by atoms with E-state index in [2.05, 4.69) is 186 Å². The summed E-state index contributed by atoms with van der Waals surface area (Å²) < 4.78 is 68.8. The minimum Gasteiger partial charge on any atom is -0.462 e. The third-order valence-electron chi connectivity index (χ3n) is 17.5. The number of hydrogen-bond donors (Lipinski definition) is 3. The molecule has 5 atom stereocenters. The van der Waals surface area contributed by atoms with Crippen LogP contribution < -0.4 is 0 Å². The lowest BCUT2D eigenvalue weighted by Crippen LogP contribution is -2.30. The van der Waals surface area contributed by atoms with Crippen molar-refractivity contribution in [2.75, 3.05) is 39.6 Å². The first-order chi connectivity index (χ1) is 53.7. The van der Waals surface area contributed by atoms with Crippen molar-refractivity contribution >= 4 is 39.5 Å². The zero-order valence-corrected chi connectivity index (χ0v) is 70.7. The molecule has 5 unspecified atom stereocenters. The Kier molecular flexibility index (Phi) is 77.7. The number of phosphoric acid groups is 2. The number of hydrogen-bond acceptors (Lipinski definition) is 15. The normalized spacial score (nSPS) is 14.6. The molecule has 0 aromatic rings. The summed E-state index contributed by atoms with van der Waals surface area (Å²) in [5.74, 6) is -2.26. The molecule has 0 spiro atoms. The summed E-state index contributed by atoms with van der Waals surface area (Å²) >= 11 is 0. The Morgan fingerprint density at radius 2 is 0.473 bits per heavy atom. The fourth-order valence-corrected chi connectivity index (χ4v) is 12.6. The van der Waals surface area contributed by atoms with Crippen LogP contribution in [-0.4, -0.2) is 96.7 Å². The molecule has 0 aliphatic rings. The molecule has 3 N–H and O–H groups in total. The van der Waals surface area contributed by atoms with Crippen LogP contribution in [0.4, 0.5) is 0 Å². The summed E-state index contributed by atoms with van der Waals surface area (Å²) in [7, 11) is -10.0. The van der Waals surface area contributed by atoms with Crippen LogP contribution in [0.3, 0.4) is 0 Å². The number of unbranched alkanes of at least 4 members (excludes halogenated alkanes) is 27. The average Bonchev–Trinajstić information content (AvgIpc) is 0.899. The molecule has 0 aliphatic heterocycles. The van der Waals surface area contributed by atoms with Gasteiger partial charge in [0.1, 0.15) is 19.3 Å². The first kappa shape index (κ1) is 105. The van der Waals surface area contributed by atoms with Crippen molar-refractivity contribution in [3.8, 4) is 0 Å². The van der Waals surface area contributed by atoms with E-state index < -0.39 is 97.5 Å². The summed E-state index contributed by atoms with van der Waals surface area (Å²) in [5, 5.41) is 10.7. The van der Waals surface area contributed by atoms with Gasteiger partial charge in [0.2, 0.25) is 0 Å². The van der Waals surface area contributed by atoms with E-state index in [1.54, 1.807) is 0 Å². The molecule has 0 aromatic heterocycles. The maximum atomic E-state index is 13.1. The van der Waals surface area contributed by atoms with Crippen molar-refractivity contribution in [3.63, 3.8) is 0 Å². The van der Waals surface area contributed by atoms with Gasteiger partial charge in [0.25, 0.3) is 0 Å². The number of carbonyl (C=O) groups excluding carboxylic acids is 4. The first-order valence-corrected chi connectivity index (χ1v) is 45.7. The number of ether oxygens (including phenoxy) is 4. The van der Waals surface area contributed by atoms with Crippen LogP contribution in [0.1, 0.15) is 336 Å². The highest BCUT2D eigenvalue weighted by molar-refractivity contribution is 7.47. The highest BCUT2D eigenvalue weighted by atomic mass is 31.2. The summed E-state index contributed by atoms with van der Waals surface area (Å²) in [6.45, 7) is 4.55. The SMILES string of the molecule is CC/C=C\C/C=C\C/C=C\C/C=C\C/C=C\CCCCCC(=O)OCC(COP(=O)(O)OCC(O)COP(=O)(O)OCC(COC(=O)CCCCCCCC/C=C\C/C=C\C/C=C\CCCCC)OC(=O)CCCCCC/C=C\C/C=C\C/C=C\C/C=C\CC)OC(=O)CCCCCCC/C=C\CCCCCCCC. The second-order valence-corrected chi connectivity index (χ2v) is 30.9. The van der Waals surface area contributed by atoms with Crippen molar-refractivity contribution in [2.24, 2.45) is 0 Å². The van der Waals surface area contributed by atoms with E-state index in [1.165, 1.54) is 57.8 Å². The van der Waals surface area contributed by atoms with Gasteiger partial charge in [0.05, 0.1) is 26.4 Å². The van der Waals surface area contributed by atoms with Gasteiger partial charge >= 0.3 is 39.5 Å². The van der Waals surface area contributed by atoms with Crippen LogP contribution in [0.25, 0.3) is 0 Å². The van der Waals surface area contributed by atoms with Gasteiger partial charge < -0.3 is 33.8 Å². The number of esters is 4. The van der Waals surface area contributed by atoms with Gasteiger partial charge in [-0.3, -0.25) is 37.3 Å². The maximum Gasteiger partial charge on any atom is 0.472 e. The quantitative estimate of drug-likeness (QED) is 0.0169. The Morgan fingerprint density at radius 1 is 0.264 bits per heavy atom. The van der Waals surface area contributed by atoms with Crippen molar-refractivity contribution in [1.29, 1.82) is 0 Å². The van der Waals surface area contributed by atoms with Gasteiger partial charge in [0, 0.05) is 25.7 Å². The second kappa shape index (κ2) is 81.7. The molecule has 0 heterocycles. The van der Waals surface area contributed by atoms with Gasteiger partial charge in [-0.1, -0.05) is 295 Å². The molecule has 0 bridgehead atoms. The van der Waals surface area contributed by atoms with Crippen LogP contribution >= 0.6 is 15.6 Å². The largest absolute Gasteiger partial charge is 0.472 e. The summed E-state index contributed by atoms with van der Waals surface area (Å²) in [5.41, 5.74) is 0. The molecule has 628 valence electrons. The number of aliphatic hydroxyl groups is 1. The third kappa shape index (κ3) is 80.7. The Labute approximate surface area is 668 Å². The maximum absolute atomic E-state index is 13.1. The third-order valence-corrected chi connectivity index (χ3v) is 19.4. The predicted octanol–water partition coefficient (Wildman–Crippen LogP) is 25.6. The fourth-order valence-electron chi connectivity index (χ4n) is 11.0. The van der Waals surface area contributed by atoms with E-state index in [0.717, 1.165) is 199 Å². The zero-order chi connectivity index (χ0) is 80.3. The summed E-state index contributed by atoms with van der Waals surface area (Å²) in [6, 6.07) is 0. The number of rotatable bonds is 79. The van der Waals surface area contributed by atoms with Crippen molar-refractivity contribution < 1.29 is 80.2 Å². The highest BCUT2D eigenvalue weighted by Crippen LogP contribution is 2.45. The molecular weight excluding hydrogens is 1430 g/mol. The predicted molar refractivity (Wildman–Crippen MR) is 454 cm³/mol. The second-order valence-electron chi connectivity index (χ2n) is 28.0. The van der Waals surface area contributed by atoms with Crippen LogP contribution in [0.2, 0.25) is 0 Å². The Balaban J connectivity index is 5.45. The number of phosphoric ester groups is 2. The summed E-state index contributed by atoms with van der Waals surface area (Å²) in [6.07, 6.45) is 96.3. The van der Waals surface area contributed by atoms with Gasteiger partial charge in [-0.05, 0) is 173 Å². The van der Waals surface area contributed by atoms with Crippen LogP contribution in [-0.2, 0) is 65.4 Å². The van der Waals surface area contributed by atoms with Gasteiger partial charge in [-0.25, -0.2) is 9.13 Å². The van der Waals surface area contributed by atoms with Gasteiger partial charge in [-0.15, -0.1) is 0 Å². The molecule has 0 saturated heterocycles. The Hall–Kier alpha value is -5.32. The fraction of sp³-hybridized carbons (Fsp3) is 0.670. The number of aliphatic hydroxyl groups excluding tert-OH is 1. The van der Waals surface area contributed by atoms with E-state index in [9.17, 15) is 43.2 Å². The van der Waals surface area contributed by atoms with Crippen molar-refractivity contribution in [2.45, 2.75) is 354 Å².